The van der Waals surface area contributed by atoms with E-state index in [4.69, 9.17) is 4.74 Å². The molecule has 0 heterocycles. The lowest BCUT2D eigenvalue weighted by Gasteiger charge is -2.08. The Balaban J connectivity index is 2.08. The summed E-state index contributed by atoms with van der Waals surface area (Å²) >= 11 is 3.36. The van der Waals surface area contributed by atoms with Crippen LogP contribution in [0, 0.1) is 0 Å². The van der Waals surface area contributed by atoms with Gasteiger partial charge in [0.1, 0.15) is 0 Å². The van der Waals surface area contributed by atoms with Crippen molar-refractivity contribution in [3.63, 3.8) is 0 Å². The van der Waals surface area contributed by atoms with Gasteiger partial charge in [0.2, 0.25) is 5.91 Å². The van der Waals surface area contributed by atoms with Crippen LogP contribution >= 0.6 is 15.9 Å². The smallest absolute Gasteiger partial charge is 0.340 e. The minimum absolute atomic E-state index is 0.282. The van der Waals surface area contributed by atoms with Gasteiger partial charge in [0.05, 0.1) is 17.9 Å². The normalized spacial score (nSPS) is 10.5. The quantitative estimate of drug-likeness (QED) is 0.628. The van der Waals surface area contributed by atoms with Crippen LogP contribution in [-0.4, -0.2) is 18.5 Å². The zero-order valence-electron chi connectivity index (χ0n) is 12.6. The van der Waals surface area contributed by atoms with Gasteiger partial charge in [0, 0.05) is 10.5 Å². The predicted octanol–water partition coefficient (Wildman–Crippen LogP) is 4.28. The summed E-state index contributed by atoms with van der Waals surface area (Å²) < 4.78 is 5.95. The number of esters is 1. The van der Waals surface area contributed by atoms with Gasteiger partial charge in [-0.3, -0.25) is 4.79 Å². The number of rotatable bonds is 5. The molecule has 2 aromatic rings. The summed E-state index contributed by atoms with van der Waals surface area (Å²) in [6.45, 7) is 2.02. The molecule has 0 atom stereocenters. The van der Waals surface area contributed by atoms with Crippen LogP contribution in [0.1, 0.15) is 22.8 Å². The molecule has 4 nitrogen and oxygen atoms in total. The van der Waals surface area contributed by atoms with E-state index >= 15 is 0 Å². The largest absolute Gasteiger partial charge is 0.462 e. The molecular formula is C18H16BrNO3. The lowest BCUT2D eigenvalue weighted by molar-refractivity contribution is -0.111. The molecule has 118 valence electrons. The first kappa shape index (κ1) is 17.0. The van der Waals surface area contributed by atoms with Crippen molar-refractivity contribution in [2.24, 2.45) is 0 Å². The molecule has 0 radical (unpaired) electrons. The van der Waals surface area contributed by atoms with Crippen LogP contribution in [0.3, 0.4) is 0 Å². The Morgan fingerprint density at radius 1 is 1.13 bits per heavy atom. The Kier molecular flexibility index (Phi) is 6.11. The average molecular weight is 374 g/mol. The maximum absolute atomic E-state index is 12.0. The number of nitrogens with one attached hydrogen (secondary N) is 1. The lowest BCUT2D eigenvalue weighted by atomic mass is 10.1. The van der Waals surface area contributed by atoms with Crippen LogP contribution in [0.4, 0.5) is 5.69 Å². The predicted molar refractivity (Wildman–Crippen MR) is 94.2 cm³/mol. The number of carbonyl (C=O) groups excluding carboxylic acids is 2. The number of halogens is 1. The molecule has 0 aliphatic rings. The van der Waals surface area contributed by atoms with Gasteiger partial charge in [-0.05, 0) is 42.8 Å². The Morgan fingerprint density at radius 2 is 1.83 bits per heavy atom. The number of anilines is 1. The van der Waals surface area contributed by atoms with Crippen LogP contribution in [-0.2, 0) is 9.53 Å². The first-order valence-corrected chi connectivity index (χ1v) is 7.90. The number of ether oxygens (including phenoxy) is 1. The summed E-state index contributed by atoms with van der Waals surface area (Å²) in [5.74, 6) is -0.773. The zero-order chi connectivity index (χ0) is 16.7. The van der Waals surface area contributed by atoms with Gasteiger partial charge in [-0.25, -0.2) is 4.79 Å². The summed E-state index contributed by atoms with van der Waals surface area (Å²) in [5, 5.41) is 2.70. The van der Waals surface area contributed by atoms with Crippen LogP contribution in [0.15, 0.2) is 59.1 Å². The Morgan fingerprint density at radius 3 is 2.52 bits per heavy atom. The van der Waals surface area contributed by atoms with Crippen molar-refractivity contribution in [1.29, 1.82) is 0 Å². The number of hydrogen-bond acceptors (Lipinski definition) is 3. The molecule has 0 aliphatic carbocycles. The van der Waals surface area contributed by atoms with Crippen LogP contribution in [0.25, 0.3) is 6.08 Å². The third kappa shape index (κ3) is 5.07. The van der Waals surface area contributed by atoms with Crippen molar-refractivity contribution in [1.82, 2.24) is 0 Å². The van der Waals surface area contributed by atoms with Crippen molar-refractivity contribution >= 4 is 39.6 Å². The Bertz CT molecular complexity index is 723. The van der Waals surface area contributed by atoms with E-state index in [1.54, 1.807) is 37.3 Å². The minimum atomic E-state index is -0.458. The number of hydrogen-bond donors (Lipinski definition) is 1. The van der Waals surface area contributed by atoms with E-state index in [2.05, 4.69) is 21.2 Å². The molecule has 2 aromatic carbocycles. The van der Waals surface area contributed by atoms with E-state index in [-0.39, 0.29) is 12.5 Å². The molecule has 0 fully saturated rings. The zero-order valence-corrected chi connectivity index (χ0v) is 14.2. The Hall–Kier alpha value is -2.40. The summed E-state index contributed by atoms with van der Waals surface area (Å²) in [6, 6.07) is 14.3. The van der Waals surface area contributed by atoms with Gasteiger partial charge in [-0.1, -0.05) is 40.2 Å². The van der Waals surface area contributed by atoms with Crippen molar-refractivity contribution in [2.75, 3.05) is 11.9 Å². The van der Waals surface area contributed by atoms with E-state index in [9.17, 15) is 9.59 Å². The number of amides is 1. The Labute approximate surface area is 143 Å². The lowest BCUT2D eigenvalue weighted by Crippen LogP contribution is -2.13. The van der Waals surface area contributed by atoms with Gasteiger partial charge in [0.25, 0.3) is 0 Å². The van der Waals surface area contributed by atoms with Gasteiger partial charge >= 0.3 is 5.97 Å². The van der Waals surface area contributed by atoms with E-state index < -0.39 is 5.97 Å². The molecule has 23 heavy (non-hydrogen) atoms. The molecule has 1 amide bonds. The van der Waals surface area contributed by atoms with Crippen molar-refractivity contribution in [3.05, 3.63) is 70.2 Å². The SMILES string of the molecule is CCOC(=O)c1ccccc1NC(=O)C=Cc1ccc(Br)cc1. The van der Waals surface area contributed by atoms with Gasteiger partial charge in [-0.15, -0.1) is 0 Å². The average Bonchev–Trinajstić information content (AvgIpc) is 2.55. The van der Waals surface area contributed by atoms with E-state index in [0.717, 1.165) is 10.0 Å². The standard InChI is InChI=1S/C18H16BrNO3/c1-2-23-18(22)15-5-3-4-6-16(15)20-17(21)12-9-13-7-10-14(19)11-8-13/h3-12H,2H2,1H3,(H,20,21). The van der Waals surface area contributed by atoms with E-state index in [0.29, 0.717) is 11.3 Å². The molecule has 1 N–H and O–H groups in total. The minimum Gasteiger partial charge on any atom is -0.462 e. The summed E-state index contributed by atoms with van der Waals surface area (Å²) in [6.07, 6.45) is 3.12. The fourth-order valence-corrected chi connectivity index (χ4v) is 2.16. The van der Waals surface area contributed by atoms with Gasteiger partial charge in [-0.2, -0.15) is 0 Å². The molecule has 0 unspecified atom stereocenters. The highest BCUT2D eigenvalue weighted by molar-refractivity contribution is 9.10. The summed E-state index contributed by atoms with van der Waals surface area (Å²) in [7, 11) is 0. The van der Waals surface area contributed by atoms with E-state index in [1.165, 1.54) is 6.08 Å². The molecular weight excluding hydrogens is 358 g/mol. The monoisotopic (exact) mass is 373 g/mol. The third-order valence-electron chi connectivity index (χ3n) is 2.98. The second kappa shape index (κ2) is 8.29. The highest BCUT2D eigenvalue weighted by atomic mass is 79.9. The number of para-hydroxylation sites is 1. The molecule has 0 saturated heterocycles. The van der Waals surface area contributed by atoms with Crippen molar-refractivity contribution < 1.29 is 14.3 Å². The number of carbonyl (C=O) groups is 2. The van der Waals surface area contributed by atoms with Gasteiger partial charge < -0.3 is 10.1 Å². The molecule has 0 spiro atoms. The summed E-state index contributed by atoms with van der Waals surface area (Å²) in [4.78, 5) is 23.9. The molecule has 0 saturated carbocycles. The molecule has 2 rings (SSSR count). The third-order valence-corrected chi connectivity index (χ3v) is 3.51. The molecule has 5 heteroatoms. The van der Waals surface area contributed by atoms with Crippen LogP contribution in [0.2, 0.25) is 0 Å². The van der Waals surface area contributed by atoms with Crippen molar-refractivity contribution in [2.45, 2.75) is 6.92 Å². The second-order valence-corrected chi connectivity index (χ2v) is 5.56. The maximum atomic E-state index is 12.0. The second-order valence-electron chi connectivity index (χ2n) is 4.64. The highest BCUT2D eigenvalue weighted by Gasteiger charge is 2.12. The maximum Gasteiger partial charge on any atom is 0.340 e. The van der Waals surface area contributed by atoms with Crippen LogP contribution < -0.4 is 5.32 Å². The van der Waals surface area contributed by atoms with Crippen molar-refractivity contribution in [3.8, 4) is 0 Å². The van der Waals surface area contributed by atoms with E-state index in [1.807, 2.05) is 24.3 Å². The molecule has 0 bridgehead atoms. The number of benzene rings is 2. The topological polar surface area (TPSA) is 55.4 Å². The first-order valence-electron chi connectivity index (χ1n) is 7.11. The summed E-state index contributed by atoms with van der Waals surface area (Å²) in [5.41, 5.74) is 1.66. The first-order chi connectivity index (χ1) is 11.1. The highest BCUT2D eigenvalue weighted by Crippen LogP contribution is 2.16. The van der Waals surface area contributed by atoms with Gasteiger partial charge in [0.15, 0.2) is 0 Å². The fraction of sp³-hybridized carbons (Fsp3) is 0.111. The van der Waals surface area contributed by atoms with Crippen LogP contribution in [0.5, 0.6) is 0 Å². The molecule has 0 aromatic heterocycles. The molecule has 0 aliphatic heterocycles. The fourth-order valence-electron chi connectivity index (χ4n) is 1.90.